The van der Waals surface area contributed by atoms with Crippen molar-refractivity contribution in [3.8, 4) is 0 Å². The Bertz CT molecular complexity index is 302. The van der Waals surface area contributed by atoms with E-state index >= 15 is 0 Å². The third-order valence-electron chi connectivity index (χ3n) is 3.41. The molecule has 0 aliphatic rings. The first-order valence-electron chi connectivity index (χ1n) is 6.68. The van der Waals surface area contributed by atoms with Crippen molar-refractivity contribution in [3.05, 3.63) is 0 Å². The van der Waals surface area contributed by atoms with E-state index in [-0.39, 0.29) is 25.6 Å². The predicted molar refractivity (Wildman–Crippen MR) is 71.5 cm³/mol. The van der Waals surface area contributed by atoms with Gasteiger partial charge in [0.25, 0.3) is 0 Å². The van der Waals surface area contributed by atoms with Crippen LogP contribution in [0.1, 0.15) is 48.0 Å². The minimum absolute atomic E-state index is 0.0324. The number of hydrogen-bond donors (Lipinski definition) is 1. The molecule has 5 heteroatoms. The lowest BCUT2D eigenvalue weighted by Gasteiger charge is -2.35. The summed E-state index contributed by atoms with van der Waals surface area (Å²) in [4.78, 5) is 24.1. The molecule has 112 valence electrons. The number of aliphatic hydroxyl groups is 1. The SMILES string of the molecule is CCOC(=O)C(C)(CC(C)(O)C(C)C)C(=O)OCC. The number of rotatable bonds is 7. The van der Waals surface area contributed by atoms with Gasteiger partial charge >= 0.3 is 11.9 Å². The number of carbonyl (C=O) groups excluding carboxylic acids is 2. The van der Waals surface area contributed by atoms with Gasteiger partial charge in [-0.1, -0.05) is 13.8 Å². The fourth-order valence-corrected chi connectivity index (χ4v) is 1.73. The van der Waals surface area contributed by atoms with E-state index in [1.54, 1.807) is 20.8 Å². The summed E-state index contributed by atoms with van der Waals surface area (Å²) < 4.78 is 9.90. The van der Waals surface area contributed by atoms with E-state index in [4.69, 9.17) is 9.47 Å². The molecule has 1 unspecified atom stereocenters. The van der Waals surface area contributed by atoms with Gasteiger partial charge in [-0.15, -0.1) is 0 Å². The molecular formula is C14H26O5. The van der Waals surface area contributed by atoms with E-state index in [0.29, 0.717) is 0 Å². The molecule has 0 aromatic heterocycles. The van der Waals surface area contributed by atoms with Crippen molar-refractivity contribution in [1.29, 1.82) is 0 Å². The average Bonchev–Trinajstić information content (AvgIpc) is 2.28. The summed E-state index contributed by atoms with van der Waals surface area (Å²) in [5.74, 6) is -1.42. The zero-order chi connectivity index (χ0) is 15.3. The normalized spacial score (nSPS) is 14.9. The van der Waals surface area contributed by atoms with E-state index in [1.165, 1.54) is 6.92 Å². The van der Waals surface area contributed by atoms with Crippen LogP contribution in [0.15, 0.2) is 0 Å². The van der Waals surface area contributed by atoms with Gasteiger partial charge in [-0.3, -0.25) is 9.59 Å². The molecule has 1 atom stereocenters. The maximum atomic E-state index is 12.0. The van der Waals surface area contributed by atoms with Crippen LogP contribution in [0, 0.1) is 11.3 Å². The summed E-state index contributed by atoms with van der Waals surface area (Å²) in [7, 11) is 0. The minimum atomic E-state index is -1.49. The van der Waals surface area contributed by atoms with Crippen molar-refractivity contribution in [2.24, 2.45) is 11.3 Å². The number of carbonyl (C=O) groups is 2. The van der Waals surface area contributed by atoms with Crippen molar-refractivity contribution in [2.45, 2.75) is 53.6 Å². The monoisotopic (exact) mass is 274 g/mol. The maximum absolute atomic E-state index is 12.0. The molecule has 19 heavy (non-hydrogen) atoms. The molecule has 0 aromatic rings. The van der Waals surface area contributed by atoms with E-state index in [1.807, 2.05) is 13.8 Å². The highest BCUT2D eigenvalue weighted by molar-refractivity contribution is 5.99. The summed E-state index contributed by atoms with van der Waals surface area (Å²) in [6.07, 6.45) is -0.0324. The molecule has 0 rings (SSSR count). The van der Waals surface area contributed by atoms with Crippen LogP contribution in [-0.4, -0.2) is 35.9 Å². The second-order valence-corrected chi connectivity index (χ2v) is 5.46. The molecule has 0 bridgehead atoms. The Morgan fingerprint density at radius 1 is 1.05 bits per heavy atom. The average molecular weight is 274 g/mol. The molecule has 1 N–H and O–H groups in total. The lowest BCUT2D eigenvalue weighted by Crippen LogP contribution is -2.47. The van der Waals surface area contributed by atoms with E-state index in [9.17, 15) is 14.7 Å². The second-order valence-electron chi connectivity index (χ2n) is 5.46. The van der Waals surface area contributed by atoms with Gasteiger partial charge in [0.15, 0.2) is 5.41 Å². The topological polar surface area (TPSA) is 72.8 Å². The van der Waals surface area contributed by atoms with Crippen LogP contribution in [0.3, 0.4) is 0 Å². The van der Waals surface area contributed by atoms with Crippen LogP contribution in [0.25, 0.3) is 0 Å². The lowest BCUT2D eigenvalue weighted by molar-refractivity contribution is -0.176. The highest BCUT2D eigenvalue weighted by atomic mass is 16.6. The van der Waals surface area contributed by atoms with Gasteiger partial charge in [0.2, 0.25) is 0 Å². The highest BCUT2D eigenvalue weighted by Crippen LogP contribution is 2.35. The van der Waals surface area contributed by atoms with Gasteiger partial charge in [0.05, 0.1) is 18.8 Å². The third-order valence-corrected chi connectivity index (χ3v) is 3.41. The van der Waals surface area contributed by atoms with E-state index < -0.39 is 23.0 Å². The Balaban J connectivity index is 5.28. The second kappa shape index (κ2) is 6.89. The zero-order valence-corrected chi connectivity index (χ0v) is 12.8. The fourth-order valence-electron chi connectivity index (χ4n) is 1.73. The lowest BCUT2D eigenvalue weighted by atomic mass is 9.75. The number of hydrogen-bond acceptors (Lipinski definition) is 5. The first kappa shape index (κ1) is 17.9. The third kappa shape index (κ3) is 4.49. The molecule has 0 saturated heterocycles. The van der Waals surface area contributed by atoms with E-state index in [2.05, 4.69) is 0 Å². The molecule has 0 amide bonds. The summed E-state index contributed by atoms with van der Waals surface area (Å²) in [6, 6.07) is 0. The molecule has 0 fully saturated rings. The van der Waals surface area contributed by atoms with Gasteiger partial charge in [-0.25, -0.2) is 0 Å². The van der Waals surface area contributed by atoms with Crippen LogP contribution in [0.4, 0.5) is 0 Å². The molecule has 0 saturated carbocycles. The number of esters is 2. The predicted octanol–water partition coefficient (Wildman–Crippen LogP) is 1.92. The van der Waals surface area contributed by atoms with Crippen LogP contribution >= 0.6 is 0 Å². The van der Waals surface area contributed by atoms with Crippen LogP contribution < -0.4 is 0 Å². The molecule has 0 aromatic carbocycles. The van der Waals surface area contributed by atoms with Crippen molar-refractivity contribution >= 4 is 11.9 Å². The van der Waals surface area contributed by atoms with Crippen LogP contribution in [0.5, 0.6) is 0 Å². The zero-order valence-electron chi connectivity index (χ0n) is 12.8. The first-order valence-corrected chi connectivity index (χ1v) is 6.68. The van der Waals surface area contributed by atoms with Crippen molar-refractivity contribution in [2.75, 3.05) is 13.2 Å². The summed E-state index contributed by atoms with van der Waals surface area (Å²) in [5, 5.41) is 10.3. The van der Waals surface area contributed by atoms with Crippen molar-refractivity contribution < 1.29 is 24.2 Å². The Kier molecular flexibility index (Phi) is 6.49. The Hall–Kier alpha value is -1.10. The number of ether oxygens (including phenoxy) is 2. The standard InChI is InChI=1S/C14H26O5/c1-7-18-11(15)13(5,12(16)19-8-2)9-14(6,17)10(3)4/h10,17H,7-9H2,1-6H3. The molecule has 0 aliphatic heterocycles. The van der Waals surface area contributed by atoms with Gasteiger partial charge < -0.3 is 14.6 Å². The Labute approximate surface area is 115 Å². The quantitative estimate of drug-likeness (QED) is 0.567. The fraction of sp³-hybridized carbons (Fsp3) is 0.857. The Morgan fingerprint density at radius 2 is 1.42 bits per heavy atom. The van der Waals surface area contributed by atoms with E-state index in [0.717, 1.165) is 0 Å². The van der Waals surface area contributed by atoms with Gasteiger partial charge in [-0.05, 0) is 33.6 Å². The minimum Gasteiger partial charge on any atom is -0.465 e. The molecule has 5 nitrogen and oxygen atoms in total. The highest BCUT2D eigenvalue weighted by Gasteiger charge is 2.49. The van der Waals surface area contributed by atoms with Crippen molar-refractivity contribution in [1.82, 2.24) is 0 Å². The molecule has 0 heterocycles. The molecule has 0 radical (unpaired) electrons. The van der Waals surface area contributed by atoms with Crippen LogP contribution in [0.2, 0.25) is 0 Å². The van der Waals surface area contributed by atoms with Crippen LogP contribution in [-0.2, 0) is 19.1 Å². The summed E-state index contributed by atoms with van der Waals surface area (Å²) in [5.41, 5.74) is -2.64. The smallest absolute Gasteiger partial charge is 0.323 e. The summed E-state index contributed by atoms with van der Waals surface area (Å²) in [6.45, 7) is 10.4. The first-order chi connectivity index (χ1) is 8.61. The maximum Gasteiger partial charge on any atom is 0.323 e. The summed E-state index contributed by atoms with van der Waals surface area (Å²) >= 11 is 0. The van der Waals surface area contributed by atoms with Crippen molar-refractivity contribution in [3.63, 3.8) is 0 Å². The Morgan fingerprint density at radius 3 is 1.68 bits per heavy atom. The van der Waals surface area contributed by atoms with Gasteiger partial charge in [0.1, 0.15) is 0 Å². The molecular weight excluding hydrogens is 248 g/mol. The molecule has 0 aliphatic carbocycles. The molecule has 0 spiro atoms. The van der Waals surface area contributed by atoms with Gasteiger partial charge in [-0.2, -0.15) is 0 Å². The van der Waals surface area contributed by atoms with Gasteiger partial charge in [0, 0.05) is 6.42 Å². The largest absolute Gasteiger partial charge is 0.465 e.